The fourth-order valence-electron chi connectivity index (χ4n) is 3.06. The van der Waals surface area contributed by atoms with E-state index >= 15 is 0 Å². The molecule has 0 aromatic heterocycles. The van der Waals surface area contributed by atoms with Crippen molar-refractivity contribution in [3.63, 3.8) is 0 Å². The van der Waals surface area contributed by atoms with Crippen LogP contribution in [0.1, 0.15) is 45.4 Å². The second-order valence-corrected chi connectivity index (χ2v) is 5.77. The minimum absolute atomic E-state index is 0. The molecule has 0 saturated carbocycles. The monoisotopic (exact) mass is 304 g/mol. The molecule has 2 fully saturated rings. The van der Waals surface area contributed by atoms with E-state index in [0.717, 1.165) is 71.3 Å². The van der Waals surface area contributed by atoms with E-state index in [1.807, 2.05) is 0 Å². The molecule has 5 heteroatoms. The lowest BCUT2D eigenvalue weighted by Gasteiger charge is -2.28. The number of hydrogen-bond acceptors (Lipinski definition) is 3. The summed E-state index contributed by atoms with van der Waals surface area (Å²) in [6, 6.07) is 0. The third kappa shape index (κ3) is 5.23. The number of nitrogens with one attached hydrogen (secondary N) is 1. The molecule has 1 unspecified atom stereocenters. The fraction of sp³-hybridized carbons (Fsp3) is 0.933. The van der Waals surface area contributed by atoms with Crippen LogP contribution in [0.2, 0.25) is 0 Å². The summed E-state index contributed by atoms with van der Waals surface area (Å²) in [6.07, 6.45) is 6.66. The Balaban J connectivity index is 0.00000200. The number of carbonyl (C=O) groups excluding carboxylic acids is 1. The van der Waals surface area contributed by atoms with Crippen LogP contribution in [0.4, 0.5) is 0 Å². The molecule has 2 aliphatic rings. The van der Waals surface area contributed by atoms with Gasteiger partial charge in [0.1, 0.15) is 0 Å². The molecule has 1 atom stereocenters. The molecule has 0 radical (unpaired) electrons. The number of nitrogens with zero attached hydrogens (tertiary/aromatic N) is 1. The molecule has 1 amide bonds. The van der Waals surface area contributed by atoms with Crippen LogP contribution in [0.5, 0.6) is 0 Å². The van der Waals surface area contributed by atoms with Crippen molar-refractivity contribution in [2.24, 2.45) is 5.92 Å². The fourth-order valence-corrected chi connectivity index (χ4v) is 3.06. The summed E-state index contributed by atoms with van der Waals surface area (Å²) in [6.45, 7) is 6.79. The van der Waals surface area contributed by atoms with E-state index in [0.29, 0.717) is 12.0 Å². The number of ether oxygens (including phenoxy) is 1. The molecule has 0 spiro atoms. The van der Waals surface area contributed by atoms with Gasteiger partial charge in [-0.15, -0.1) is 12.4 Å². The van der Waals surface area contributed by atoms with Crippen molar-refractivity contribution in [3.8, 4) is 0 Å². The summed E-state index contributed by atoms with van der Waals surface area (Å²) >= 11 is 0. The quantitative estimate of drug-likeness (QED) is 0.866. The van der Waals surface area contributed by atoms with Crippen LogP contribution < -0.4 is 5.32 Å². The average Bonchev–Trinajstić information content (AvgIpc) is 2.71. The minimum atomic E-state index is 0. The Hall–Kier alpha value is -0.320. The van der Waals surface area contributed by atoms with E-state index in [-0.39, 0.29) is 18.3 Å². The van der Waals surface area contributed by atoms with Gasteiger partial charge in [-0.1, -0.05) is 6.92 Å². The standard InChI is InChI=1S/C15H28N2O2.ClH/c1-2-12-19-14-4-3-10-17(11-7-14)15(18)13-5-8-16-9-6-13;/h13-14,16H,2-12H2,1H3;1H. The summed E-state index contributed by atoms with van der Waals surface area (Å²) in [5.41, 5.74) is 0. The normalized spacial score (nSPS) is 24.9. The third-order valence-electron chi connectivity index (χ3n) is 4.23. The van der Waals surface area contributed by atoms with Gasteiger partial charge in [0.15, 0.2) is 0 Å². The number of carbonyl (C=O) groups is 1. The van der Waals surface area contributed by atoms with Crippen LogP contribution in [0.15, 0.2) is 0 Å². The Bertz CT molecular complexity index is 283. The lowest BCUT2D eigenvalue weighted by molar-refractivity contribution is -0.136. The van der Waals surface area contributed by atoms with Gasteiger partial charge in [-0.25, -0.2) is 0 Å². The van der Waals surface area contributed by atoms with Crippen molar-refractivity contribution in [3.05, 3.63) is 0 Å². The van der Waals surface area contributed by atoms with Crippen molar-refractivity contribution < 1.29 is 9.53 Å². The molecule has 118 valence electrons. The zero-order chi connectivity index (χ0) is 13.5. The van der Waals surface area contributed by atoms with Gasteiger partial charge in [-0.2, -0.15) is 0 Å². The Morgan fingerprint density at radius 2 is 1.95 bits per heavy atom. The van der Waals surface area contributed by atoms with Gasteiger partial charge in [0.05, 0.1) is 6.10 Å². The molecule has 2 aliphatic heterocycles. The summed E-state index contributed by atoms with van der Waals surface area (Å²) in [4.78, 5) is 14.6. The highest BCUT2D eigenvalue weighted by atomic mass is 35.5. The smallest absolute Gasteiger partial charge is 0.225 e. The van der Waals surface area contributed by atoms with Crippen molar-refractivity contribution in [1.82, 2.24) is 10.2 Å². The van der Waals surface area contributed by atoms with E-state index in [1.54, 1.807) is 0 Å². The Kier molecular flexibility index (Phi) is 8.50. The van der Waals surface area contributed by atoms with Gasteiger partial charge in [-0.3, -0.25) is 4.79 Å². The molecular formula is C15H29ClN2O2. The lowest BCUT2D eigenvalue weighted by atomic mass is 9.96. The van der Waals surface area contributed by atoms with Gasteiger partial charge in [0, 0.05) is 25.6 Å². The number of amides is 1. The maximum atomic E-state index is 12.5. The second-order valence-electron chi connectivity index (χ2n) is 5.77. The SMILES string of the molecule is CCCOC1CCCN(C(=O)C2CCNCC2)CC1.Cl. The molecule has 2 rings (SSSR count). The molecule has 0 aromatic rings. The van der Waals surface area contributed by atoms with E-state index in [2.05, 4.69) is 17.1 Å². The Labute approximate surface area is 129 Å². The molecule has 20 heavy (non-hydrogen) atoms. The first-order valence-electron chi connectivity index (χ1n) is 7.92. The number of hydrogen-bond donors (Lipinski definition) is 1. The van der Waals surface area contributed by atoms with Crippen molar-refractivity contribution in [1.29, 1.82) is 0 Å². The molecule has 0 aliphatic carbocycles. The lowest BCUT2D eigenvalue weighted by Crippen LogP contribution is -2.41. The Morgan fingerprint density at radius 3 is 2.65 bits per heavy atom. The van der Waals surface area contributed by atoms with Crippen molar-refractivity contribution in [2.45, 2.75) is 51.6 Å². The highest BCUT2D eigenvalue weighted by molar-refractivity contribution is 5.85. The maximum absolute atomic E-state index is 12.5. The van der Waals surface area contributed by atoms with Gasteiger partial charge in [0.25, 0.3) is 0 Å². The number of halogens is 1. The van der Waals surface area contributed by atoms with Crippen LogP contribution in [0.3, 0.4) is 0 Å². The molecule has 0 bridgehead atoms. The predicted octanol–water partition coefficient (Wildman–Crippen LogP) is 2.22. The molecule has 0 aromatic carbocycles. The Morgan fingerprint density at radius 1 is 1.20 bits per heavy atom. The number of piperidine rings is 1. The minimum Gasteiger partial charge on any atom is -0.378 e. The highest BCUT2D eigenvalue weighted by Crippen LogP contribution is 2.20. The second kappa shape index (κ2) is 9.59. The van der Waals surface area contributed by atoms with Crippen LogP contribution >= 0.6 is 12.4 Å². The number of likely N-dealkylation sites (tertiary alicyclic amines) is 1. The average molecular weight is 305 g/mol. The summed E-state index contributed by atoms with van der Waals surface area (Å²) in [5.74, 6) is 0.645. The summed E-state index contributed by atoms with van der Waals surface area (Å²) < 4.78 is 5.84. The zero-order valence-corrected chi connectivity index (χ0v) is 13.4. The number of rotatable bonds is 4. The maximum Gasteiger partial charge on any atom is 0.225 e. The summed E-state index contributed by atoms with van der Waals surface area (Å²) in [7, 11) is 0. The van der Waals surface area contributed by atoms with Gasteiger partial charge >= 0.3 is 0 Å². The van der Waals surface area contributed by atoms with E-state index < -0.39 is 0 Å². The molecule has 2 heterocycles. The van der Waals surface area contributed by atoms with E-state index in [9.17, 15) is 4.79 Å². The molecule has 1 N–H and O–H groups in total. The first kappa shape index (κ1) is 17.7. The van der Waals surface area contributed by atoms with Crippen LogP contribution in [-0.2, 0) is 9.53 Å². The molecule has 4 nitrogen and oxygen atoms in total. The topological polar surface area (TPSA) is 41.6 Å². The van der Waals surface area contributed by atoms with Gasteiger partial charge in [-0.05, 0) is 51.6 Å². The van der Waals surface area contributed by atoms with Crippen LogP contribution in [0, 0.1) is 5.92 Å². The first-order chi connectivity index (χ1) is 9.31. The molecular weight excluding hydrogens is 276 g/mol. The van der Waals surface area contributed by atoms with E-state index in [1.165, 1.54) is 0 Å². The van der Waals surface area contributed by atoms with Crippen molar-refractivity contribution in [2.75, 3.05) is 32.8 Å². The largest absolute Gasteiger partial charge is 0.378 e. The summed E-state index contributed by atoms with van der Waals surface area (Å²) in [5, 5.41) is 3.32. The zero-order valence-electron chi connectivity index (χ0n) is 12.6. The van der Waals surface area contributed by atoms with Crippen LogP contribution in [-0.4, -0.2) is 49.7 Å². The van der Waals surface area contributed by atoms with E-state index in [4.69, 9.17) is 4.74 Å². The van der Waals surface area contributed by atoms with Crippen molar-refractivity contribution >= 4 is 18.3 Å². The third-order valence-corrected chi connectivity index (χ3v) is 4.23. The predicted molar refractivity (Wildman–Crippen MR) is 83.3 cm³/mol. The van der Waals surface area contributed by atoms with Crippen LogP contribution in [0.25, 0.3) is 0 Å². The molecule has 2 saturated heterocycles. The first-order valence-corrected chi connectivity index (χ1v) is 7.92. The van der Waals surface area contributed by atoms with Gasteiger partial charge in [0.2, 0.25) is 5.91 Å². The highest BCUT2D eigenvalue weighted by Gasteiger charge is 2.27. The van der Waals surface area contributed by atoms with Gasteiger partial charge < -0.3 is 15.0 Å².